The highest BCUT2D eigenvalue weighted by molar-refractivity contribution is 6.84. The normalized spacial score (nSPS) is 33.7. The molecule has 5 atom stereocenters. The Morgan fingerprint density at radius 1 is 1.00 bits per heavy atom. The summed E-state index contributed by atoms with van der Waals surface area (Å²) in [5.74, 6) is 0. The number of rotatable bonds is 5. The van der Waals surface area contributed by atoms with Gasteiger partial charge in [-0.2, -0.15) is 5.48 Å². The molecule has 1 aromatic heterocycles. The van der Waals surface area contributed by atoms with Gasteiger partial charge in [0.1, 0.15) is 11.7 Å². The topological polar surface area (TPSA) is 113 Å². The van der Waals surface area contributed by atoms with Crippen LogP contribution in [0, 0.1) is 6.92 Å². The van der Waals surface area contributed by atoms with E-state index in [1.54, 1.807) is 6.92 Å². The number of hydrogen-bond donors (Lipinski definition) is 2. The number of hydroxylamine groups is 1. The van der Waals surface area contributed by atoms with Crippen molar-refractivity contribution in [3.8, 4) is 0 Å². The third kappa shape index (κ3) is 4.04. The molecule has 3 fully saturated rings. The molecule has 2 N–H and O–H groups in total. The predicted molar refractivity (Wildman–Crippen MR) is 140 cm³/mol. The number of aryl methyl sites for hydroxylation is 1. The van der Waals surface area contributed by atoms with Crippen molar-refractivity contribution in [2.75, 3.05) is 6.61 Å². The highest BCUT2D eigenvalue weighted by Gasteiger charge is 2.69. The number of H-pyrrole nitrogens is 1. The Morgan fingerprint density at radius 2 is 1.58 bits per heavy atom. The van der Waals surface area contributed by atoms with Gasteiger partial charge in [0.15, 0.2) is 12.3 Å². The summed E-state index contributed by atoms with van der Waals surface area (Å²) in [6.45, 7) is 21.3. The summed E-state index contributed by atoms with van der Waals surface area (Å²) >= 11 is 0. The van der Waals surface area contributed by atoms with Crippen LogP contribution in [0.3, 0.4) is 0 Å². The molecule has 204 valence electrons. The summed E-state index contributed by atoms with van der Waals surface area (Å²) in [5.41, 5.74) is 2.31. The molecule has 12 heteroatoms. The Labute approximate surface area is 215 Å². The molecule has 0 radical (unpaired) electrons. The zero-order valence-electron chi connectivity index (χ0n) is 23.2. The highest BCUT2D eigenvalue weighted by Crippen LogP contribution is 2.53. The number of nitrogens with one attached hydrogen (secondary N) is 2. The molecular weight excluding hydrogens is 498 g/mol. The molecule has 3 aliphatic rings. The summed E-state index contributed by atoms with van der Waals surface area (Å²) in [4.78, 5) is 33.4. The zero-order chi connectivity index (χ0) is 26.8. The number of aromatic nitrogens is 2. The van der Waals surface area contributed by atoms with Crippen molar-refractivity contribution < 1.29 is 22.5 Å². The van der Waals surface area contributed by atoms with Gasteiger partial charge < -0.3 is 17.7 Å². The molecule has 3 aliphatic heterocycles. The second-order valence-corrected chi connectivity index (χ2v) is 20.7. The summed E-state index contributed by atoms with van der Waals surface area (Å²) in [5, 5.41) is 0. The third-order valence-electron chi connectivity index (χ3n) is 8.31. The van der Waals surface area contributed by atoms with Crippen molar-refractivity contribution in [3.63, 3.8) is 0 Å². The van der Waals surface area contributed by atoms with Crippen LogP contribution in [0.5, 0.6) is 0 Å². The van der Waals surface area contributed by atoms with Crippen LogP contribution in [0.1, 0.15) is 74.1 Å². The first-order valence-electron chi connectivity index (χ1n) is 13.1. The van der Waals surface area contributed by atoms with E-state index in [-0.39, 0.29) is 34.8 Å². The first-order chi connectivity index (χ1) is 16.7. The maximum Gasteiger partial charge on any atom is 0.335 e. The van der Waals surface area contributed by atoms with Crippen LogP contribution in [0.4, 0.5) is 0 Å². The lowest BCUT2D eigenvalue weighted by Crippen LogP contribution is -2.73. The monoisotopic (exact) mass is 541 g/mol. The quantitative estimate of drug-likeness (QED) is 0.546. The second-order valence-electron chi connectivity index (χ2n) is 11.9. The van der Waals surface area contributed by atoms with E-state index in [9.17, 15) is 9.59 Å². The van der Waals surface area contributed by atoms with Gasteiger partial charge in [0, 0.05) is 11.8 Å². The SMILES string of the molecule is Cc1cn([C@@H]2O[C@]34CO[Si](C(C)C)(C(C)C)O[Si](C(C)C)(C(C)C)OC3[C@@H]2ON[C@H]4C)c(=O)[nH]c1=O. The highest BCUT2D eigenvalue weighted by atomic mass is 28.5. The van der Waals surface area contributed by atoms with Crippen molar-refractivity contribution in [3.05, 3.63) is 32.6 Å². The molecule has 0 spiro atoms. The van der Waals surface area contributed by atoms with Gasteiger partial charge in [-0.3, -0.25) is 19.2 Å². The third-order valence-corrected chi connectivity index (χ3v) is 18.5. The Morgan fingerprint density at radius 3 is 2.14 bits per heavy atom. The first-order valence-corrected chi connectivity index (χ1v) is 17.1. The van der Waals surface area contributed by atoms with E-state index in [0.717, 1.165) is 0 Å². The van der Waals surface area contributed by atoms with Crippen molar-refractivity contribution in [2.24, 2.45) is 0 Å². The molecule has 1 unspecified atom stereocenters. The first kappa shape index (κ1) is 27.9. The molecule has 0 aromatic carbocycles. The largest absolute Gasteiger partial charge is 0.414 e. The fourth-order valence-electron chi connectivity index (χ4n) is 6.07. The van der Waals surface area contributed by atoms with Crippen molar-refractivity contribution in [1.29, 1.82) is 0 Å². The Kier molecular flexibility index (Phi) is 7.41. The predicted octanol–water partition coefficient (Wildman–Crippen LogP) is 3.36. The maximum absolute atomic E-state index is 12.9. The van der Waals surface area contributed by atoms with Crippen molar-refractivity contribution >= 4 is 17.1 Å². The van der Waals surface area contributed by atoms with Gasteiger partial charge >= 0.3 is 22.8 Å². The Hall–Kier alpha value is -1.13. The summed E-state index contributed by atoms with van der Waals surface area (Å²) in [6.07, 6.45) is -0.453. The minimum atomic E-state index is -2.93. The molecule has 3 saturated heterocycles. The molecule has 1 aromatic rings. The molecule has 0 saturated carbocycles. The fourth-order valence-corrected chi connectivity index (χ4v) is 17.3. The van der Waals surface area contributed by atoms with Gasteiger partial charge in [-0.1, -0.05) is 55.4 Å². The molecule has 4 rings (SSSR count). The van der Waals surface area contributed by atoms with Gasteiger partial charge in [0.25, 0.3) is 5.56 Å². The average Bonchev–Trinajstić information content (AvgIpc) is 2.98. The molecule has 36 heavy (non-hydrogen) atoms. The van der Waals surface area contributed by atoms with E-state index in [0.29, 0.717) is 5.56 Å². The fraction of sp³-hybridized carbons (Fsp3) is 0.833. The number of nitrogens with zero attached hydrogens (tertiary/aromatic N) is 1. The van der Waals surface area contributed by atoms with E-state index in [4.69, 9.17) is 22.5 Å². The van der Waals surface area contributed by atoms with Crippen LogP contribution in [0.15, 0.2) is 15.8 Å². The van der Waals surface area contributed by atoms with Gasteiger partial charge in [0.05, 0.1) is 12.6 Å². The lowest BCUT2D eigenvalue weighted by atomic mass is 9.88. The lowest BCUT2D eigenvalue weighted by Gasteiger charge is -2.55. The molecule has 4 heterocycles. The van der Waals surface area contributed by atoms with Crippen molar-refractivity contribution in [2.45, 2.75) is 121 Å². The van der Waals surface area contributed by atoms with E-state index in [1.165, 1.54) is 10.8 Å². The number of aromatic amines is 1. The van der Waals surface area contributed by atoms with Gasteiger partial charge in [-0.05, 0) is 36.0 Å². The molecule has 0 amide bonds. The zero-order valence-corrected chi connectivity index (χ0v) is 25.2. The van der Waals surface area contributed by atoms with Gasteiger partial charge in [0.2, 0.25) is 0 Å². The minimum Gasteiger partial charge on any atom is -0.414 e. The van der Waals surface area contributed by atoms with E-state index >= 15 is 0 Å². The van der Waals surface area contributed by atoms with Gasteiger partial charge in [-0.15, -0.1) is 0 Å². The Bertz CT molecular complexity index is 1070. The lowest BCUT2D eigenvalue weighted by molar-refractivity contribution is -0.188. The second kappa shape index (κ2) is 9.56. The smallest absolute Gasteiger partial charge is 0.335 e. The van der Waals surface area contributed by atoms with Gasteiger partial charge in [-0.25, -0.2) is 4.79 Å². The Balaban J connectivity index is 1.91. The van der Waals surface area contributed by atoms with Crippen LogP contribution < -0.4 is 16.7 Å². The summed E-state index contributed by atoms with van der Waals surface area (Å²) < 4.78 is 29.7. The molecule has 10 nitrogen and oxygen atoms in total. The minimum absolute atomic E-state index is 0.140. The summed E-state index contributed by atoms with van der Waals surface area (Å²) in [7, 11) is -5.72. The summed E-state index contributed by atoms with van der Waals surface area (Å²) in [6, 6.07) is -0.279. The molecular formula is C24H43N3O7Si2. The maximum atomic E-state index is 12.9. The van der Waals surface area contributed by atoms with Crippen LogP contribution >= 0.6 is 0 Å². The number of ether oxygens (including phenoxy) is 1. The number of hydrogen-bond acceptors (Lipinski definition) is 8. The average molecular weight is 542 g/mol. The molecule has 0 aliphatic carbocycles. The van der Waals surface area contributed by atoms with E-state index in [2.05, 4.69) is 65.9 Å². The van der Waals surface area contributed by atoms with Crippen LogP contribution in [0.2, 0.25) is 22.2 Å². The van der Waals surface area contributed by atoms with E-state index in [1.807, 2.05) is 6.92 Å². The van der Waals surface area contributed by atoms with Crippen LogP contribution in [-0.2, 0) is 22.5 Å². The van der Waals surface area contributed by atoms with Crippen LogP contribution in [0.25, 0.3) is 0 Å². The standard InChI is InChI=1S/C24H43N3O7Si2/c1-13(2)35(14(3)4)30-12-24-18(10)26-32-19(20(24)33-36(34-35,15(5)6)16(7)8)22(31-24)27-11-17(9)21(28)25-23(27)29/h11,13-16,18-20,22,26H,12H2,1-10H3,(H,25,28,29)/t18-,19-,20?,22+,24-/m0/s1. The van der Waals surface area contributed by atoms with E-state index < -0.39 is 52.4 Å². The molecule has 2 bridgehead atoms. The van der Waals surface area contributed by atoms with Crippen LogP contribution in [-0.4, -0.2) is 57.1 Å². The van der Waals surface area contributed by atoms with Crippen molar-refractivity contribution in [1.82, 2.24) is 15.0 Å².